The first-order chi connectivity index (χ1) is 12.1. The minimum atomic E-state index is 0.624. The van der Waals surface area contributed by atoms with E-state index in [0.717, 1.165) is 16.7 Å². The molecule has 0 saturated heterocycles. The first-order valence-electron chi connectivity index (χ1n) is 8.42. The Hall–Kier alpha value is -2.53. The number of hydrogen-bond acceptors (Lipinski definition) is 0. The molecular formula is C24H21Cl. The lowest BCUT2D eigenvalue weighted by atomic mass is 9.90. The standard InChI is InChI=1S/C24H21Cl/c1-17-14-18(2)24(19(3)15-17)22(20-10-6-4-7-11-20)16-23(25)21-12-8-5-9-13-21/h4-15H,1-3H3. The highest BCUT2D eigenvalue weighted by molar-refractivity contribution is 6.48. The molecule has 3 aromatic rings. The van der Waals surface area contributed by atoms with Crippen molar-refractivity contribution in [3.05, 3.63) is 112 Å². The molecule has 1 heteroatoms. The highest BCUT2D eigenvalue weighted by Crippen LogP contribution is 2.31. The number of benzene rings is 3. The van der Waals surface area contributed by atoms with Crippen LogP contribution >= 0.6 is 11.6 Å². The molecule has 0 radical (unpaired) electrons. The predicted molar refractivity (Wildman–Crippen MR) is 109 cm³/mol. The third kappa shape index (κ3) is 3.94. The normalized spacial score (nSPS) is 10.2. The Balaban J connectivity index is 2.31. The Labute approximate surface area is 155 Å². The molecule has 0 aliphatic rings. The van der Waals surface area contributed by atoms with Crippen LogP contribution in [0.1, 0.15) is 33.4 Å². The summed E-state index contributed by atoms with van der Waals surface area (Å²) >= 11 is 6.62. The van der Waals surface area contributed by atoms with Crippen molar-refractivity contribution < 1.29 is 0 Å². The molecule has 0 amide bonds. The van der Waals surface area contributed by atoms with Crippen LogP contribution in [0.5, 0.6) is 0 Å². The Morgan fingerprint density at radius 1 is 0.720 bits per heavy atom. The molecule has 0 nitrogen and oxygen atoms in total. The Bertz CT molecular complexity index is 921. The first kappa shape index (κ1) is 17.3. The average Bonchev–Trinajstić information content (AvgIpc) is 2.61. The first-order valence-corrected chi connectivity index (χ1v) is 8.79. The topological polar surface area (TPSA) is 0 Å². The van der Waals surface area contributed by atoms with Crippen molar-refractivity contribution in [2.45, 2.75) is 20.8 Å². The van der Waals surface area contributed by atoms with Gasteiger partial charge in [-0.25, -0.2) is 0 Å². The Morgan fingerprint density at radius 3 is 1.72 bits per heavy atom. The number of rotatable bonds is 3. The summed E-state index contributed by atoms with van der Waals surface area (Å²) in [7, 11) is 0. The summed E-state index contributed by atoms with van der Waals surface area (Å²) in [5.74, 6) is 0. The third-order valence-corrected chi connectivity index (χ3v) is 4.56. The summed E-state index contributed by atoms with van der Waals surface area (Å²) < 4.78 is 0. The van der Waals surface area contributed by atoms with Gasteiger partial charge in [0.15, 0.2) is 0 Å². The zero-order valence-electron chi connectivity index (χ0n) is 14.8. The van der Waals surface area contributed by atoms with Crippen LogP contribution in [-0.2, 0) is 0 Å². The van der Waals surface area contributed by atoms with Gasteiger partial charge < -0.3 is 0 Å². The van der Waals surface area contributed by atoms with Crippen LogP contribution in [0.4, 0.5) is 0 Å². The molecule has 0 atom stereocenters. The van der Waals surface area contributed by atoms with Gasteiger partial charge >= 0.3 is 0 Å². The largest absolute Gasteiger partial charge is 0.0907 e. The summed E-state index contributed by atoms with van der Waals surface area (Å²) in [4.78, 5) is 0. The summed E-state index contributed by atoms with van der Waals surface area (Å²) in [6.07, 6.45) is 0. The van der Waals surface area contributed by atoms with Crippen molar-refractivity contribution in [1.82, 2.24) is 0 Å². The summed E-state index contributed by atoms with van der Waals surface area (Å²) in [6, 6.07) is 24.7. The molecule has 124 valence electrons. The van der Waals surface area contributed by atoms with Gasteiger partial charge in [-0.05, 0) is 43.0 Å². The average molecular weight is 345 g/mol. The molecule has 0 spiro atoms. The zero-order chi connectivity index (χ0) is 17.8. The van der Waals surface area contributed by atoms with Crippen molar-refractivity contribution in [2.24, 2.45) is 0 Å². The maximum absolute atomic E-state index is 6.62. The molecule has 3 aromatic carbocycles. The van der Waals surface area contributed by atoms with Crippen LogP contribution in [0.2, 0.25) is 0 Å². The van der Waals surface area contributed by atoms with E-state index < -0.39 is 0 Å². The highest BCUT2D eigenvalue weighted by atomic mass is 35.5. The van der Waals surface area contributed by atoms with Gasteiger partial charge in [-0.3, -0.25) is 0 Å². The van der Waals surface area contributed by atoms with Crippen LogP contribution in [-0.4, -0.2) is 0 Å². The van der Waals surface area contributed by atoms with Gasteiger partial charge in [0.2, 0.25) is 0 Å². The molecule has 0 saturated carbocycles. The second-order valence-electron chi connectivity index (χ2n) is 6.32. The molecule has 0 bridgehead atoms. The molecular weight excluding hydrogens is 324 g/mol. The maximum atomic E-state index is 6.62. The number of aryl methyl sites for hydroxylation is 3. The van der Waals surface area contributed by atoms with E-state index in [9.17, 15) is 0 Å². The fourth-order valence-corrected chi connectivity index (χ4v) is 3.45. The minimum Gasteiger partial charge on any atom is -0.0907 e. The van der Waals surface area contributed by atoms with Crippen LogP contribution < -0.4 is 0 Å². The van der Waals surface area contributed by atoms with Crippen molar-refractivity contribution in [3.8, 4) is 0 Å². The monoisotopic (exact) mass is 344 g/mol. The quantitative estimate of drug-likeness (QED) is 0.452. The zero-order valence-corrected chi connectivity index (χ0v) is 15.6. The predicted octanol–water partition coefficient (Wildman–Crippen LogP) is 6.92. The van der Waals surface area contributed by atoms with Gasteiger partial charge in [-0.1, -0.05) is 95.7 Å². The van der Waals surface area contributed by atoms with E-state index in [0.29, 0.717) is 5.03 Å². The van der Waals surface area contributed by atoms with Crippen LogP contribution in [0.25, 0.3) is 10.6 Å². The van der Waals surface area contributed by atoms with Crippen molar-refractivity contribution in [3.63, 3.8) is 0 Å². The van der Waals surface area contributed by atoms with Crippen LogP contribution in [0, 0.1) is 20.8 Å². The highest BCUT2D eigenvalue weighted by Gasteiger charge is 2.12. The molecule has 0 N–H and O–H groups in total. The van der Waals surface area contributed by atoms with Crippen LogP contribution in [0.3, 0.4) is 0 Å². The molecule has 0 aliphatic carbocycles. The molecule has 0 fully saturated rings. The van der Waals surface area contributed by atoms with Gasteiger partial charge in [0, 0.05) is 11.1 Å². The molecule has 0 aromatic heterocycles. The van der Waals surface area contributed by atoms with E-state index in [-0.39, 0.29) is 0 Å². The number of hydrogen-bond donors (Lipinski definition) is 0. The van der Waals surface area contributed by atoms with Crippen molar-refractivity contribution >= 4 is 22.2 Å². The molecule has 3 rings (SSSR count). The van der Waals surface area contributed by atoms with Gasteiger partial charge in [0.1, 0.15) is 0 Å². The van der Waals surface area contributed by atoms with Gasteiger partial charge in [0.25, 0.3) is 0 Å². The van der Waals surface area contributed by atoms with E-state index in [1.54, 1.807) is 0 Å². The van der Waals surface area contributed by atoms with Gasteiger partial charge in [-0.2, -0.15) is 0 Å². The van der Waals surface area contributed by atoms with E-state index >= 15 is 0 Å². The van der Waals surface area contributed by atoms with Crippen LogP contribution in [0.15, 0.2) is 78.5 Å². The SMILES string of the molecule is Cc1cc(C)c(C(=C=C(Cl)c2ccccc2)c2ccccc2)c(C)c1. The van der Waals surface area contributed by atoms with E-state index in [1.165, 1.54) is 22.3 Å². The fourth-order valence-electron chi connectivity index (χ4n) is 3.22. The van der Waals surface area contributed by atoms with Crippen molar-refractivity contribution in [1.29, 1.82) is 0 Å². The summed E-state index contributed by atoms with van der Waals surface area (Å²) in [5.41, 5.74) is 11.5. The third-order valence-electron chi connectivity index (χ3n) is 4.25. The van der Waals surface area contributed by atoms with Gasteiger partial charge in [-0.15, -0.1) is 0 Å². The fraction of sp³-hybridized carbons (Fsp3) is 0.125. The smallest absolute Gasteiger partial charge is 0.0903 e. The summed E-state index contributed by atoms with van der Waals surface area (Å²) in [6.45, 7) is 6.43. The molecule has 0 heterocycles. The number of halogens is 1. The molecule has 0 aliphatic heterocycles. The van der Waals surface area contributed by atoms with E-state index in [2.05, 4.69) is 50.8 Å². The van der Waals surface area contributed by atoms with Gasteiger partial charge in [0.05, 0.1) is 5.03 Å². The molecule has 25 heavy (non-hydrogen) atoms. The Kier molecular flexibility index (Phi) is 5.24. The minimum absolute atomic E-state index is 0.624. The van der Waals surface area contributed by atoms with E-state index in [4.69, 9.17) is 11.6 Å². The second-order valence-corrected chi connectivity index (χ2v) is 6.70. The Morgan fingerprint density at radius 2 is 1.20 bits per heavy atom. The summed E-state index contributed by atoms with van der Waals surface area (Å²) in [5, 5.41) is 0.624. The maximum Gasteiger partial charge on any atom is 0.0903 e. The van der Waals surface area contributed by atoms with E-state index in [1.807, 2.05) is 48.5 Å². The lowest BCUT2D eigenvalue weighted by Gasteiger charge is -2.14. The van der Waals surface area contributed by atoms with Crippen molar-refractivity contribution in [2.75, 3.05) is 0 Å². The second kappa shape index (κ2) is 7.57. The lowest BCUT2D eigenvalue weighted by Crippen LogP contribution is -1.96. The molecule has 0 unspecified atom stereocenters. The lowest BCUT2D eigenvalue weighted by molar-refractivity contribution is 1.29.